The summed E-state index contributed by atoms with van der Waals surface area (Å²) in [5.74, 6) is -0.351. The fraction of sp³-hybridized carbons (Fsp3) is 0.462. The molecule has 1 saturated heterocycles. The number of benzene rings is 1. The fourth-order valence-corrected chi connectivity index (χ4v) is 2.21. The minimum Gasteiger partial charge on any atom is -0.379 e. The van der Waals surface area contributed by atoms with Crippen molar-refractivity contribution in [1.29, 1.82) is 0 Å². The number of carbonyl (C=O) groups excluding carboxylic acids is 1. The summed E-state index contributed by atoms with van der Waals surface area (Å²) in [4.78, 5) is 13.7. The first-order valence-corrected chi connectivity index (χ1v) is 5.77. The van der Waals surface area contributed by atoms with Gasteiger partial charge < -0.3 is 4.74 Å². The Labute approximate surface area is 112 Å². The molecule has 100 valence electrons. The number of ketones is 1. The molecule has 0 N–H and O–H groups in total. The lowest BCUT2D eigenvalue weighted by Crippen LogP contribution is -2.41. The van der Waals surface area contributed by atoms with E-state index in [-0.39, 0.29) is 24.0 Å². The molecule has 0 radical (unpaired) electrons. The van der Waals surface area contributed by atoms with Gasteiger partial charge in [-0.3, -0.25) is 9.69 Å². The van der Waals surface area contributed by atoms with Crippen LogP contribution in [0.2, 0.25) is 0 Å². The fourth-order valence-electron chi connectivity index (χ4n) is 2.21. The van der Waals surface area contributed by atoms with Crippen LogP contribution >= 0.6 is 12.4 Å². The van der Waals surface area contributed by atoms with E-state index in [0.717, 1.165) is 0 Å². The van der Waals surface area contributed by atoms with Crippen molar-refractivity contribution < 1.29 is 13.9 Å². The molecule has 1 aromatic rings. The van der Waals surface area contributed by atoms with Gasteiger partial charge in [0.15, 0.2) is 5.78 Å². The van der Waals surface area contributed by atoms with Gasteiger partial charge in [-0.25, -0.2) is 4.39 Å². The molecule has 0 saturated carbocycles. The first kappa shape index (κ1) is 15.1. The average molecular weight is 274 g/mol. The quantitative estimate of drug-likeness (QED) is 0.846. The van der Waals surface area contributed by atoms with Crippen molar-refractivity contribution in [2.24, 2.45) is 0 Å². The lowest BCUT2D eigenvalue weighted by Gasteiger charge is -2.33. The van der Waals surface area contributed by atoms with Crippen LogP contribution in [-0.2, 0) is 9.53 Å². The average Bonchev–Trinajstić information content (AvgIpc) is 2.33. The molecule has 0 aliphatic carbocycles. The van der Waals surface area contributed by atoms with E-state index in [1.807, 2.05) is 4.90 Å². The Balaban J connectivity index is 0.00000162. The molecule has 0 spiro atoms. The third-order valence-electron chi connectivity index (χ3n) is 3.00. The Kier molecular flexibility index (Phi) is 5.72. The van der Waals surface area contributed by atoms with Crippen LogP contribution in [0.4, 0.5) is 4.39 Å². The Morgan fingerprint density at radius 3 is 2.50 bits per heavy atom. The maximum absolute atomic E-state index is 13.7. The summed E-state index contributed by atoms with van der Waals surface area (Å²) in [5, 5.41) is 0. The number of rotatable bonds is 3. The molecule has 1 aromatic carbocycles. The molecule has 0 amide bonds. The van der Waals surface area contributed by atoms with Gasteiger partial charge in [0, 0.05) is 18.7 Å². The summed E-state index contributed by atoms with van der Waals surface area (Å²) in [5.41, 5.74) is 0.460. The number of nitrogens with zero attached hydrogens (tertiary/aromatic N) is 1. The lowest BCUT2D eigenvalue weighted by molar-refractivity contribution is -0.124. The molecule has 1 fully saturated rings. The van der Waals surface area contributed by atoms with Gasteiger partial charge in [-0.15, -0.1) is 12.4 Å². The van der Waals surface area contributed by atoms with Gasteiger partial charge in [0.25, 0.3) is 0 Å². The first-order valence-electron chi connectivity index (χ1n) is 5.77. The number of morpholine rings is 1. The zero-order valence-corrected chi connectivity index (χ0v) is 11.1. The number of hydrogen-bond donors (Lipinski definition) is 0. The molecule has 3 nitrogen and oxygen atoms in total. The SMILES string of the molecule is CC(=O)C(c1ccccc1F)N1CCOCC1.Cl. The van der Waals surface area contributed by atoms with Crippen molar-refractivity contribution >= 4 is 18.2 Å². The van der Waals surface area contributed by atoms with Gasteiger partial charge in [0.05, 0.1) is 19.3 Å². The normalized spacial score (nSPS) is 17.9. The van der Waals surface area contributed by atoms with Gasteiger partial charge in [-0.2, -0.15) is 0 Å². The van der Waals surface area contributed by atoms with Gasteiger partial charge in [0.2, 0.25) is 0 Å². The Bertz CT molecular complexity index is 408. The summed E-state index contributed by atoms with van der Waals surface area (Å²) in [7, 11) is 0. The van der Waals surface area contributed by atoms with E-state index in [4.69, 9.17) is 4.74 Å². The van der Waals surface area contributed by atoms with Gasteiger partial charge >= 0.3 is 0 Å². The van der Waals surface area contributed by atoms with Crippen molar-refractivity contribution in [3.05, 3.63) is 35.6 Å². The van der Waals surface area contributed by atoms with E-state index in [2.05, 4.69) is 0 Å². The van der Waals surface area contributed by atoms with Crippen molar-refractivity contribution in [3.63, 3.8) is 0 Å². The van der Waals surface area contributed by atoms with Crippen LogP contribution in [-0.4, -0.2) is 37.0 Å². The molecule has 1 aliphatic heterocycles. The van der Waals surface area contributed by atoms with Crippen LogP contribution in [0.25, 0.3) is 0 Å². The third-order valence-corrected chi connectivity index (χ3v) is 3.00. The van der Waals surface area contributed by atoms with Crippen LogP contribution in [0.5, 0.6) is 0 Å². The first-order chi connectivity index (χ1) is 8.20. The second-order valence-electron chi connectivity index (χ2n) is 4.18. The number of carbonyl (C=O) groups is 1. The largest absolute Gasteiger partial charge is 0.379 e. The van der Waals surface area contributed by atoms with Crippen LogP contribution in [0.3, 0.4) is 0 Å². The maximum atomic E-state index is 13.7. The summed E-state index contributed by atoms with van der Waals surface area (Å²) in [6.45, 7) is 4.03. The van der Waals surface area contributed by atoms with E-state index in [9.17, 15) is 9.18 Å². The molecule has 1 heterocycles. The standard InChI is InChI=1S/C13H16FNO2.ClH/c1-10(16)13(15-6-8-17-9-7-15)11-4-2-3-5-12(11)14;/h2-5,13H,6-9H2,1H3;1H. The van der Waals surface area contributed by atoms with Crippen LogP contribution in [0.15, 0.2) is 24.3 Å². The molecule has 1 atom stereocenters. The number of Topliss-reactive ketones (excluding diaryl/α,β-unsaturated/α-hetero) is 1. The molecule has 2 rings (SSSR count). The Morgan fingerprint density at radius 1 is 1.33 bits per heavy atom. The van der Waals surface area contributed by atoms with Gasteiger partial charge in [0.1, 0.15) is 5.82 Å². The molecule has 0 bridgehead atoms. The van der Waals surface area contributed by atoms with E-state index in [0.29, 0.717) is 31.9 Å². The smallest absolute Gasteiger partial charge is 0.151 e. The monoisotopic (exact) mass is 273 g/mol. The molecular formula is C13H17ClFNO2. The van der Waals surface area contributed by atoms with Crippen LogP contribution in [0.1, 0.15) is 18.5 Å². The molecule has 18 heavy (non-hydrogen) atoms. The van der Waals surface area contributed by atoms with Crippen LogP contribution < -0.4 is 0 Å². The van der Waals surface area contributed by atoms with Gasteiger partial charge in [-0.1, -0.05) is 18.2 Å². The zero-order chi connectivity index (χ0) is 12.3. The topological polar surface area (TPSA) is 29.5 Å². The van der Waals surface area contributed by atoms with Crippen LogP contribution in [0, 0.1) is 5.82 Å². The molecule has 0 aromatic heterocycles. The van der Waals surface area contributed by atoms with Crippen molar-refractivity contribution in [1.82, 2.24) is 4.90 Å². The lowest BCUT2D eigenvalue weighted by atomic mass is 10.0. The van der Waals surface area contributed by atoms with E-state index in [1.165, 1.54) is 13.0 Å². The molecular weight excluding hydrogens is 257 g/mol. The summed E-state index contributed by atoms with van der Waals surface area (Å²) < 4.78 is 19.0. The predicted molar refractivity (Wildman–Crippen MR) is 69.5 cm³/mol. The minimum atomic E-state index is -0.486. The highest BCUT2D eigenvalue weighted by atomic mass is 35.5. The zero-order valence-electron chi connectivity index (χ0n) is 10.3. The number of halogens is 2. The number of hydrogen-bond acceptors (Lipinski definition) is 3. The highest BCUT2D eigenvalue weighted by Crippen LogP contribution is 2.25. The molecule has 1 unspecified atom stereocenters. The summed E-state index contributed by atoms with van der Waals surface area (Å²) >= 11 is 0. The second kappa shape index (κ2) is 6.83. The summed E-state index contributed by atoms with van der Waals surface area (Å²) in [6.07, 6.45) is 0. The third kappa shape index (κ3) is 3.28. The Morgan fingerprint density at radius 2 is 1.94 bits per heavy atom. The highest BCUT2D eigenvalue weighted by molar-refractivity contribution is 5.85. The van der Waals surface area contributed by atoms with Crippen molar-refractivity contribution in [3.8, 4) is 0 Å². The maximum Gasteiger partial charge on any atom is 0.151 e. The Hall–Kier alpha value is -0.970. The predicted octanol–water partition coefficient (Wildman–Crippen LogP) is 2.21. The molecule has 1 aliphatic rings. The second-order valence-corrected chi connectivity index (χ2v) is 4.18. The van der Waals surface area contributed by atoms with Crippen molar-refractivity contribution in [2.75, 3.05) is 26.3 Å². The number of ether oxygens (including phenoxy) is 1. The molecule has 5 heteroatoms. The summed E-state index contributed by atoms with van der Waals surface area (Å²) in [6, 6.07) is 5.98. The van der Waals surface area contributed by atoms with Crippen molar-refractivity contribution in [2.45, 2.75) is 13.0 Å². The van der Waals surface area contributed by atoms with Gasteiger partial charge in [-0.05, 0) is 13.0 Å². The van der Waals surface area contributed by atoms with E-state index in [1.54, 1.807) is 18.2 Å². The van der Waals surface area contributed by atoms with E-state index < -0.39 is 6.04 Å². The minimum absolute atomic E-state index is 0. The van der Waals surface area contributed by atoms with E-state index >= 15 is 0 Å². The highest BCUT2D eigenvalue weighted by Gasteiger charge is 2.28.